The molecule has 0 aliphatic carbocycles. The van der Waals surface area contributed by atoms with Gasteiger partial charge in [0.15, 0.2) is 0 Å². The van der Waals surface area contributed by atoms with E-state index < -0.39 is 5.92 Å². The number of alkyl halides is 2. The molecule has 0 saturated carbocycles. The zero-order valence-electron chi connectivity index (χ0n) is 8.31. The van der Waals surface area contributed by atoms with Gasteiger partial charge in [0.05, 0.1) is 0 Å². The van der Waals surface area contributed by atoms with Crippen molar-refractivity contribution in [1.82, 2.24) is 9.78 Å². The highest BCUT2D eigenvalue weighted by Crippen LogP contribution is 2.27. The number of halogens is 2. The van der Waals surface area contributed by atoms with Gasteiger partial charge >= 0.3 is 0 Å². The highest BCUT2D eigenvalue weighted by Gasteiger charge is 2.28. The van der Waals surface area contributed by atoms with E-state index in [9.17, 15) is 8.78 Å². The Kier molecular flexibility index (Phi) is 2.41. The zero-order valence-corrected chi connectivity index (χ0v) is 8.31. The third-order valence-corrected chi connectivity index (χ3v) is 1.96. The van der Waals surface area contributed by atoms with Crippen molar-refractivity contribution in [3.8, 4) is 0 Å². The first-order valence-corrected chi connectivity index (χ1v) is 4.24. The minimum atomic E-state index is -2.84. The first kappa shape index (κ1) is 10.2. The van der Waals surface area contributed by atoms with Crippen LogP contribution in [0, 0.1) is 0 Å². The second kappa shape index (κ2) is 3.09. The van der Waals surface area contributed by atoms with E-state index in [1.807, 2.05) is 13.8 Å². The second-order valence-electron chi connectivity index (χ2n) is 3.62. The van der Waals surface area contributed by atoms with Gasteiger partial charge in [0.25, 0.3) is 5.92 Å². The van der Waals surface area contributed by atoms with Crippen molar-refractivity contribution in [1.29, 1.82) is 0 Å². The standard InChI is InChI=1S/C9H14F2N2/c1-6(2)7-5-8(9(3,10)11)12-13(7)4/h5-6H,1-4H3. The largest absolute Gasteiger partial charge is 0.288 e. The molecule has 0 unspecified atom stereocenters. The first-order chi connectivity index (χ1) is 5.82. The van der Waals surface area contributed by atoms with E-state index >= 15 is 0 Å². The monoisotopic (exact) mass is 188 g/mol. The van der Waals surface area contributed by atoms with E-state index in [-0.39, 0.29) is 11.6 Å². The van der Waals surface area contributed by atoms with Crippen molar-refractivity contribution in [2.24, 2.45) is 7.05 Å². The summed E-state index contributed by atoms with van der Waals surface area (Å²) < 4.78 is 27.2. The van der Waals surface area contributed by atoms with Gasteiger partial charge in [0.2, 0.25) is 0 Å². The zero-order chi connectivity index (χ0) is 10.2. The lowest BCUT2D eigenvalue weighted by molar-refractivity contribution is 0.0122. The van der Waals surface area contributed by atoms with Gasteiger partial charge in [-0.2, -0.15) is 13.9 Å². The number of aryl methyl sites for hydroxylation is 1. The SMILES string of the molecule is CC(C)c1cc(C(C)(F)F)nn1C. The molecule has 13 heavy (non-hydrogen) atoms. The van der Waals surface area contributed by atoms with Crippen molar-refractivity contribution < 1.29 is 8.78 Å². The highest BCUT2D eigenvalue weighted by molar-refractivity contribution is 5.16. The van der Waals surface area contributed by atoms with Crippen LogP contribution in [-0.4, -0.2) is 9.78 Å². The highest BCUT2D eigenvalue weighted by atomic mass is 19.3. The molecule has 0 bridgehead atoms. The molecule has 1 heterocycles. The van der Waals surface area contributed by atoms with Gasteiger partial charge < -0.3 is 0 Å². The number of hydrogen-bond acceptors (Lipinski definition) is 1. The summed E-state index contributed by atoms with van der Waals surface area (Å²) in [6, 6.07) is 1.46. The molecule has 4 heteroatoms. The van der Waals surface area contributed by atoms with E-state index in [4.69, 9.17) is 0 Å². The molecule has 1 rings (SSSR count). The average Bonchev–Trinajstić information content (AvgIpc) is 2.29. The predicted molar refractivity (Wildman–Crippen MR) is 46.9 cm³/mol. The Morgan fingerprint density at radius 2 is 2.00 bits per heavy atom. The van der Waals surface area contributed by atoms with Crippen molar-refractivity contribution >= 4 is 0 Å². The van der Waals surface area contributed by atoms with Crippen LogP contribution in [0.15, 0.2) is 6.07 Å². The number of nitrogens with zero attached hydrogens (tertiary/aromatic N) is 2. The normalized spacial score (nSPS) is 12.5. The maximum absolute atomic E-state index is 12.8. The maximum atomic E-state index is 12.8. The molecule has 0 saturated heterocycles. The van der Waals surface area contributed by atoms with Crippen LogP contribution in [0.3, 0.4) is 0 Å². The molecule has 0 spiro atoms. The summed E-state index contributed by atoms with van der Waals surface area (Å²) in [7, 11) is 1.69. The summed E-state index contributed by atoms with van der Waals surface area (Å²) in [6.07, 6.45) is 0. The third-order valence-electron chi connectivity index (χ3n) is 1.96. The summed E-state index contributed by atoms with van der Waals surface area (Å²) in [5.74, 6) is -2.63. The molecule has 0 atom stereocenters. The Morgan fingerprint density at radius 3 is 2.23 bits per heavy atom. The molecule has 1 aromatic rings. The maximum Gasteiger partial charge on any atom is 0.288 e. The Morgan fingerprint density at radius 1 is 1.46 bits per heavy atom. The molecule has 0 amide bonds. The van der Waals surface area contributed by atoms with Crippen molar-refractivity contribution in [3.63, 3.8) is 0 Å². The van der Waals surface area contributed by atoms with Gasteiger partial charge in [-0.1, -0.05) is 13.8 Å². The van der Waals surface area contributed by atoms with E-state index in [0.717, 1.165) is 12.6 Å². The summed E-state index contributed by atoms with van der Waals surface area (Å²) in [5.41, 5.74) is 0.676. The molecular weight excluding hydrogens is 174 g/mol. The smallest absolute Gasteiger partial charge is 0.272 e. The molecule has 0 aliphatic heterocycles. The van der Waals surface area contributed by atoms with Crippen LogP contribution in [0.25, 0.3) is 0 Å². The predicted octanol–water partition coefficient (Wildman–Crippen LogP) is 2.66. The fourth-order valence-electron chi connectivity index (χ4n) is 1.24. The van der Waals surface area contributed by atoms with Crippen LogP contribution in [-0.2, 0) is 13.0 Å². The van der Waals surface area contributed by atoms with Gasteiger partial charge in [-0.05, 0) is 12.0 Å². The van der Waals surface area contributed by atoms with Gasteiger partial charge in [-0.15, -0.1) is 0 Å². The lowest BCUT2D eigenvalue weighted by Gasteiger charge is -2.04. The number of hydrogen-bond donors (Lipinski definition) is 0. The van der Waals surface area contributed by atoms with Crippen molar-refractivity contribution in [2.45, 2.75) is 32.6 Å². The molecule has 1 aromatic heterocycles. The Balaban J connectivity index is 3.10. The molecule has 0 radical (unpaired) electrons. The lowest BCUT2D eigenvalue weighted by atomic mass is 10.1. The average molecular weight is 188 g/mol. The van der Waals surface area contributed by atoms with Crippen LogP contribution < -0.4 is 0 Å². The summed E-state index contributed by atoms with van der Waals surface area (Å²) in [4.78, 5) is 0. The van der Waals surface area contributed by atoms with Crippen molar-refractivity contribution in [2.75, 3.05) is 0 Å². The van der Waals surface area contributed by atoms with E-state index in [2.05, 4.69) is 5.10 Å². The lowest BCUT2D eigenvalue weighted by Crippen LogP contribution is -2.08. The van der Waals surface area contributed by atoms with Crippen LogP contribution in [0.2, 0.25) is 0 Å². The summed E-state index contributed by atoms with van der Waals surface area (Å²) >= 11 is 0. The molecule has 0 fully saturated rings. The fourth-order valence-corrected chi connectivity index (χ4v) is 1.24. The van der Waals surface area contributed by atoms with Crippen LogP contribution in [0.4, 0.5) is 8.78 Å². The number of aromatic nitrogens is 2. The molecule has 2 nitrogen and oxygen atoms in total. The quantitative estimate of drug-likeness (QED) is 0.697. The molecule has 0 aromatic carbocycles. The Labute approximate surface area is 76.6 Å². The minimum absolute atomic E-state index is 0.154. The fraction of sp³-hybridized carbons (Fsp3) is 0.667. The van der Waals surface area contributed by atoms with Crippen LogP contribution >= 0.6 is 0 Å². The molecule has 74 valence electrons. The van der Waals surface area contributed by atoms with Crippen LogP contribution in [0.5, 0.6) is 0 Å². The van der Waals surface area contributed by atoms with E-state index in [1.165, 1.54) is 10.7 Å². The number of rotatable bonds is 2. The van der Waals surface area contributed by atoms with Gasteiger partial charge in [0, 0.05) is 19.7 Å². The molecule has 0 N–H and O–H groups in total. The minimum Gasteiger partial charge on any atom is -0.272 e. The van der Waals surface area contributed by atoms with Crippen molar-refractivity contribution in [3.05, 3.63) is 17.5 Å². The summed E-state index contributed by atoms with van der Waals surface area (Å²) in [6.45, 7) is 4.77. The Hall–Kier alpha value is -0.930. The first-order valence-electron chi connectivity index (χ1n) is 4.24. The van der Waals surface area contributed by atoms with Crippen LogP contribution in [0.1, 0.15) is 38.1 Å². The van der Waals surface area contributed by atoms with E-state index in [0.29, 0.717) is 0 Å². The molecule has 0 aliphatic rings. The van der Waals surface area contributed by atoms with E-state index in [1.54, 1.807) is 7.05 Å². The Bertz CT molecular complexity index is 297. The topological polar surface area (TPSA) is 17.8 Å². The molecular formula is C9H14F2N2. The van der Waals surface area contributed by atoms with Gasteiger partial charge in [0.1, 0.15) is 5.69 Å². The van der Waals surface area contributed by atoms with Gasteiger partial charge in [-0.3, -0.25) is 4.68 Å². The second-order valence-corrected chi connectivity index (χ2v) is 3.62. The summed E-state index contributed by atoms with van der Waals surface area (Å²) in [5, 5.41) is 3.77. The van der Waals surface area contributed by atoms with Gasteiger partial charge in [-0.25, -0.2) is 0 Å². The third kappa shape index (κ3) is 2.05.